The molecule has 0 amide bonds. The van der Waals surface area contributed by atoms with Crippen molar-refractivity contribution in [3.05, 3.63) is 53.9 Å². The third-order valence-electron chi connectivity index (χ3n) is 2.73. The normalized spacial score (nSPS) is 10.2. The summed E-state index contributed by atoms with van der Waals surface area (Å²) in [7, 11) is 0. The molecule has 5 heteroatoms. The van der Waals surface area contributed by atoms with Crippen LogP contribution in [0.4, 0.5) is 0 Å². The number of hydrogen-bond acceptors (Lipinski definition) is 5. The maximum Gasteiger partial charge on any atom is 0.204 e. The second-order valence-corrected chi connectivity index (χ2v) is 4.99. The summed E-state index contributed by atoms with van der Waals surface area (Å²) in [5.74, 6) is -0.805. The lowest BCUT2D eigenvalue weighted by Gasteiger charge is -2.02. The minimum absolute atomic E-state index is 0.0295. The quantitative estimate of drug-likeness (QED) is 0.462. The van der Waals surface area contributed by atoms with Crippen LogP contribution in [0.2, 0.25) is 0 Å². The highest BCUT2D eigenvalue weighted by Gasteiger charge is 2.15. The molecule has 0 spiro atoms. The van der Waals surface area contributed by atoms with E-state index in [1.54, 1.807) is 12.3 Å². The summed E-state index contributed by atoms with van der Waals surface area (Å²) in [6, 6.07) is 10.9. The van der Waals surface area contributed by atoms with E-state index in [0.29, 0.717) is 10.9 Å². The Hall–Kier alpha value is -2.01. The fourth-order valence-electron chi connectivity index (χ4n) is 1.72. The lowest BCUT2D eigenvalue weighted by molar-refractivity contribution is -0.135. The van der Waals surface area contributed by atoms with Crippen LogP contribution < -0.4 is 0 Å². The highest BCUT2D eigenvalue weighted by atomic mass is 32.2. The summed E-state index contributed by atoms with van der Waals surface area (Å²) in [6.45, 7) is 0. The van der Waals surface area contributed by atoms with Gasteiger partial charge in [-0.25, -0.2) is 9.97 Å². The van der Waals surface area contributed by atoms with Crippen molar-refractivity contribution in [3.63, 3.8) is 0 Å². The van der Waals surface area contributed by atoms with Crippen LogP contribution in [0, 0.1) is 0 Å². The van der Waals surface area contributed by atoms with Gasteiger partial charge in [-0.05, 0) is 17.9 Å². The van der Waals surface area contributed by atoms with Crippen LogP contribution in [-0.2, 0) is 22.4 Å². The van der Waals surface area contributed by atoms with E-state index in [1.165, 1.54) is 11.8 Å². The van der Waals surface area contributed by atoms with E-state index in [2.05, 4.69) is 9.97 Å². The largest absolute Gasteiger partial charge is 0.291 e. The molecule has 2 aromatic rings. The first-order valence-corrected chi connectivity index (χ1v) is 7.37. The van der Waals surface area contributed by atoms with Crippen LogP contribution in [0.25, 0.3) is 0 Å². The summed E-state index contributed by atoms with van der Waals surface area (Å²) in [5.41, 5.74) is 1.43. The highest BCUT2D eigenvalue weighted by molar-refractivity contribution is 7.98. The zero-order valence-corrected chi connectivity index (χ0v) is 11.9. The molecule has 0 radical (unpaired) electrons. The molecule has 0 unspecified atom stereocenters. The van der Waals surface area contributed by atoms with Gasteiger partial charge in [0.05, 0.1) is 12.1 Å². The smallest absolute Gasteiger partial charge is 0.204 e. The van der Waals surface area contributed by atoms with Crippen molar-refractivity contribution in [1.82, 2.24) is 9.97 Å². The van der Waals surface area contributed by atoms with Crippen molar-refractivity contribution in [2.24, 2.45) is 0 Å². The Morgan fingerprint density at radius 2 is 1.75 bits per heavy atom. The summed E-state index contributed by atoms with van der Waals surface area (Å²) < 4.78 is 0. The molecule has 1 aromatic heterocycles. The summed E-state index contributed by atoms with van der Waals surface area (Å²) >= 11 is 1.40. The third-order valence-corrected chi connectivity index (χ3v) is 3.30. The first kappa shape index (κ1) is 14.4. The summed E-state index contributed by atoms with van der Waals surface area (Å²) in [5, 5.41) is 0.603. The van der Waals surface area contributed by atoms with Crippen LogP contribution >= 0.6 is 11.8 Å². The predicted molar refractivity (Wildman–Crippen MR) is 77.7 cm³/mol. The Balaban J connectivity index is 1.99. The van der Waals surface area contributed by atoms with Crippen LogP contribution in [0.1, 0.15) is 11.3 Å². The molecule has 1 aromatic carbocycles. The van der Waals surface area contributed by atoms with Gasteiger partial charge < -0.3 is 0 Å². The van der Waals surface area contributed by atoms with Gasteiger partial charge in [0.15, 0.2) is 5.16 Å². The molecule has 0 saturated carbocycles. The van der Waals surface area contributed by atoms with Crippen molar-refractivity contribution >= 4 is 23.3 Å². The molecule has 102 valence electrons. The molecule has 0 bridgehead atoms. The Labute approximate surface area is 121 Å². The third kappa shape index (κ3) is 3.99. The van der Waals surface area contributed by atoms with E-state index < -0.39 is 5.78 Å². The molecule has 0 saturated heterocycles. The Morgan fingerprint density at radius 3 is 2.45 bits per heavy atom. The summed E-state index contributed by atoms with van der Waals surface area (Å²) in [4.78, 5) is 32.0. The number of ketones is 2. The fourth-order valence-corrected chi connectivity index (χ4v) is 2.09. The second-order valence-electron chi connectivity index (χ2n) is 4.22. The lowest BCUT2D eigenvalue weighted by Crippen LogP contribution is -2.19. The molecular weight excluding hydrogens is 272 g/mol. The van der Waals surface area contributed by atoms with E-state index in [1.807, 2.05) is 36.6 Å². The minimum Gasteiger partial charge on any atom is -0.291 e. The summed E-state index contributed by atoms with van der Waals surface area (Å²) in [6.07, 6.45) is 3.63. The average Bonchev–Trinajstić information content (AvgIpc) is 2.48. The second kappa shape index (κ2) is 6.96. The van der Waals surface area contributed by atoms with Crippen molar-refractivity contribution < 1.29 is 9.59 Å². The highest BCUT2D eigenvalue weighted by Crippen LogP contribution is 2.09. The van der Waals surface area contributed by atoms with E-state index in [0.717, 1.165) is 5.56 Å². The lowest BCUT2D eigenvalue weighted by atomic mass is 10.0. The number of aromatic nitrogens is 2. The maximum absolute atomic E-state index is 11.9. The van der Waals surface area contributed by atoms with Gasteiger partial charge in [0, 0.05) is 12.6 Å². The average molecular weight is 286 g/mol. The van der Waals surface area contributed by atoms with E-state index in [-0.39, 0.29) is 18.6 Å². The first-order valence-electron chi connectivity index (χ1n) is 6.15. The molecule has 0 atom stereocenters. The van der Waals surface area contributed by atoms with Gasteiger partial charge in [-0.2, -0.15) is 0 Å². The van der Waals surface area contributed by atoms with E-state index in [9.17, 15) is 9.59 Å². The van der Waals surface area contributed by atoms with Crippen LogP contribution in [-0.4, -0.2) is 27.8 Å². The number of carbonyl (C=O) groups is 2. The van der Waals surface area contributed by atoms with Crippen molar-refractivity contribution in [2.45, 2.75) is 18.0 Å². The molecule has 1 heterocycles. The topological polar surface area (TPSA) is 59.9 Å². The zero-order valence-electron chi connectivity index (χ0n) is 11.1. The molecule has 20 heavy (non-hydrogen) atoms. The molecule has 0 fully saturated rings. The predicted octanol–water partition coefficient (Wildman–Crippen LogP) is 2.12. The van der Waals surface area contributed by atoms with Gasteiger partial charge in [-0.15, -0.1) is 0 Å². The number of nitrogens with zero attached hydrogens (tertiary/aromatic N) is 2. The van der Waals surface area contributed by atoms with Gasteiger partial charge in [-0.1, -0.05) is 42.1 Å². The number of thioether (sulfide) groups is 1. The van der Waals surface area contributed by atoms with E-state index in [4.69, 9.17) is 0 Å². The zero-order chi connectivity index (χ0) is 14.4. The molecule has 0 aliphatic carbocycles. The van der Waals surface area contributed by atoms with Crippen molar-refractivity contribution in [3.8, 4) is 0 Å². The van der Waals surface area contributed by atoms with Crippen molar-refractivity contribution in [2.75, 3.05) is 6.26 Å². The van der Waals surface area contributed by atoms with Crippen LogP contribution in [0.15, 0.2) is 47.8 Å². The standard InChI is InChI=1S/C15H14N2O2S/c1-20-15-16-8-7-12(17-15)10-14(19)13(18)9-11-5-3-2-4-6-11/h2-8H,9-10H2,1H3. The molecule has 2 rings (SSSR count). The van der Waals surface area contributed by atoms with Gasteiger partial charge in [0.1, 0.15) is 0 Å². The molecule has 0 N–H and O–H groups in total. The first-order chi connectivity index (χ1) is 9.69. The number of benzene rings is 1. The molecule has 0 aliphatic rings. The fraction of sp³-hybridized carbons (Fsp3) is 0.200. The number of carbonyl (C=O) groups excluding carboxylic acids is 2. The Bertz CT molecular complexity index is 614. The molecular formula is C15H14N2O2S. The number of hydrogen-bond donors (Lipinski definition) is 0. The number of rotatable bonds is 6. The van der Waals surface area contributed by atoms with Crippen LogP contribution in [0.3, 0.4) is 0 Å². The maximum atomic E-state index is 11.9. The SMILES string of the molecule is CSc1nccc(CC(=O)C(=O)Cc2ccccc2)n1. The van der Waals surface area contributed by atoms with Crippen LogP contribution in [0.5, 0.6) is 0 Å². The monoisotopic (exact) mass is 286 g/mol. The van der Waals surface area contributed by atoms with E-state index >= 15 is 0 Å². The molecule has 0 aliphatic heterocycles. The van der Waals surface area contributed by atoms with Gasteiger partial charge in [0.25, 0.3) is 0 Å². The Kier molecular flexibility index (Phi) is 5.01. The van der Waals surface area contributed by atoms with Gasteiger partial charge >= 0.3 is 0 Å². The number of Topliss-reactive ketones (excluding diaryl/α,β-unsaturated/α-hetero) is 2. The van der Waals surface area contributed by atoms with Gasteiger partial charge in [-0.3, -0.25) is 9.59 Å². The van der Waals surface area contributed by atoms with Crippen molar-refractivity contribution in [1.29, 1.82) is 0 Å². The minimum atomic E-state index is -0.417. The Morgan fingerprint density at radius 1 is 1.05 bits per heavy atom. The molecule has 4 nitrogen and oxygen atoms in total. The van der Waals surface area contributed by atoms with Gasteiger partial charge in [0.2, 0.25) is 11.6 Å².